The van der Waals surface area contributed by atoms with Gasteiger partial charge < -0.3 is 10.3 Å². The average Bonchev–Trinajstić information content (AvgIpc) is 2.74. The van der Waals surface area contributed by atoms with E-state index in [4.69, 9.17) is 10.3 Å². The topological polar surface area (TPSA) is 64.9 Å². The summed E-state index contributed by atoms with van der Waals surface area (Å²) in [7, 11) is 0. The van der Waals surface area contributed by atoms with Crippen molar-refractivity contribution in [2.45, 2.75) is 51.5 Å². The monoisotopic (exact) mass is 209 g/mol. The lowest BCUT2D eigenvalue weighted by atomic mass is 9.99. The molecule has 2 N–H and O–H groups in total. The van der Waals surface area contributed by atoms with Crippen molar-refractivity contribution in [2.75, 3.05) is 0 Å². The Labute approximate surface area is 90.2 Å². The summed E-state index contributed by atoms with van der Waals surface area (Å²) in [5.74, 6) is 1.97. The average molecular weight is 209 g/mol. The highest BCUT2D eigenvalue weighted by atomic mass is 16.5. The van der Waals surface area contributed by atoms with Gasteiger partial charge in [-0.3, -0.25) is 0 Å². The van der Waals surface area contributed by atoms with Crippen LogP contribution in [-0.2, 0) is 12.0 Å². The lowest BCUT2D eigenvalue weighted by Crippen LogP contribution is -2.33. The van der Waals surface area contributed by atoms with E-state index in [0.29, 0.717) is 11.8 Å². The van der Waals surface area contributed by atoms with Gasteiger partial charge in [0.15, 0.2) is 5.82 Å². The van der Waals surface area contributed by atoms with Crippen molar-refractivity contribution in [3.8, 4) is 0 Å². The molecule has 0 saturated heterocycles. The second-order valence-corrected chi connectivity index (χ2v) is 4.98. The van der Waals surface area contributed by atoms with E-state index in [1.807, 2.05) is 0 Å². The molecule has 1 aromatic heterocycles. The van der Waals surface area contributed by atoms with Crippen LogP contribution in [0.3, 0.4) is 0 Å². The third kappa shape index (κ3) is 2.20. The Bertz CT molecular complexity index is 326. The normalized spacial score (nSPS) is 20.0. The van der Waals surface area contributed by atoms with Gasteiger partial charge in [-0.2, -0.15) is 4.98 Å². The summed E-state index contributed by atoms with van der Waals surface area (Å²) in [6, 6.07) is 0. The van der Waals surface area contributed by atoms with Crippen LogP contribution < -0.4 is 5.73 Å². The van der Waals surface area contributed by atoms with E-state index >= 15 is 0 Å². The summed E-state index contributed by atoms with van der Waals surface area (Å²) in [6.45, 7) is 4.29. The molecule has 1 aliphatic rings. The molecule has 0 atom stereocenters. The first kappa shape index (κ1) is 10.6. The molecule has 4 nitrogen and oxygen atoms in total. The Hall–Kier alpha value is -0.900. The van der Waals surface area contributed by atoms with Crippen molar-refractivity contribution in [3.05, 3.63) is 11.7 Å². The second-order valence-electron chi connectivity index (χ2n) is 4.98. The van der Waals surface area contributed by atoms with E-state index in [-0.39, 0.29) is 5.54 Å². The largest absolute Gasteiger partial charge is 0.337 e. The summed E-state index contributed by atoms with van der Waals surface area (Å²) in [4.78, 5) is 4.40. The summed E-state index contributed by atoms with van der Waals surface area (Å²) in [6.07, 6.45) is 5.13. The Morgan fingerprint density at radius 2 is 2.07 bits per heavy atom. The maximum Gasteiger partial charge on any atom is 0.246 e. The van der Waals surface area contributed by atoms with Gasteiger partial charge in [-0.25, -0.2) is 0 Å². The van der Waals surface area contributed by atoms with Crippen molar-refractivity contribution < 1.29 is 4.52 Å². The van der Waals surface area contributed by atoms with Crippen LogP contribution >= 0.6 is 0 Å². The molecular formula is C11H19N3O. The number of nitrogens with zero attached hydrogens (tertiary/aromatic N) is 2. The molecule has 1 saturated carbocycles. The maximum absolute atomic E-state index is 6.23. The molecule has 15 heavy (non-hydrogen) atoms. The predicted octanol–water partition coefficient (Wildman–Crippen LogP) is 2.00. The van der Waals surface area contributed by atoms with Crippen LogP contribution in [0.15, 0.2) is 4.52 Å². The minimum atomic E-state index is -0.345. The standard InChI is InChI=1S/C11H19N3O/c1-8(2)7-9-13-10(15-14-9)11(12)5-3-4-6-11/h8H,3-7,12H2,1-2H3. The third-order valence-corrected chi connectivity index (χ3v) is 2.98. The van der Waals surface area contributed by atoms with Gasteiger partial charge in [0, 0.05) is 6.42 Å². The molecule has 4 heteroatoms. The van der Waals surface area contributed by atoms with E-state index in [1.54, 1.807) is 0 Å². The molecular weight excluding hydrogens is 190 g/mol. The highest BCUT2D eigenvalue weighted by Gasteiger charge is 2.36. The zero-order valence-corrected chi connectivity index (χ0v) is 9.49. The molecule has 1 heterocycles. The van der Waals surface area contributed by atoms with Gasteiger partial charge in [-0.1, -0.05) is 31.8 Å². The number of rotatable bonds is 3. The first-order valence-corrected chi connectivity index (χ1v) is 5.72. The first-order valence-electron chi connectivity index (χ1n) is 5.72. The number of aromatic nitrogens is 2. The summed E-state index contributed by atoms with van der Waals surface area (Å²) >= 11 is 0. The lowest BCUT2D eigenvalue weighted by Gasteiger charge is -2.17. The van der Waals surface area contributed by atoms with Crippen LogP contribution in [0.1, 0.15) is 51.2 Å². The summed E-state index contributed by atoms with van der Waals surface area (Å²) in [5.41, 5.74) is 5.88. The quantitative estimate of drug-likeness (QED) is 0.826. The number of hydrogen-bond donors (Lipinski definition) is 1. The van der Waals surface area contributed by atoms with Gasteiger partial charge in [0.1, 0.15) is 0 Å². The molecule has 1 fully saturated rings. The van der Waals surface area contributed by atoms with Gasteiger partial charge in [-0.15, -0.1) is 0 Å². The first-order chi connectivity index (χ1) is 7.10. The Kier molecular flexibility index (Phi) is 2.78. The fourth-order valence-electron chi connectivity index (χ4n) is 2.12. The minimum absolute atomic E-state index is 0.345. The molecule has 0 bridgehead atoms. The van der Waals surface area contributed by atoms with Gasteiger partial charge >= 0.3 is 0 Å². The highest BCUT2D eigenvalue weighted by Crippen LogP contribution is 2.35. The number of nitrogens with two attached hydrogens (primary N) is 1. The summed E-state index contributed by atoms with van der Waals surface area (Å²) in [5, 5.41) is 3.98. The summed E-state index contributed by atoms with van der Waals surface area (Å²) < 4.78 is 5.27. The third-order valence-electron chi connectivity index (χ3n) is 2.98. The van der Waals surface area contributed by atoms with Crippen molar-refractivity contribution in [1.29, 1.82) is 0 Å². The van der Waals surface area contributed by atoms with Crippen molar-refractivity contribution in [1.82, 2.24) is 10.1 Å². The molecule has 2 rings (SSSR count). The molecule has 0 unspecified atom stereocenters. The van der Waals surface area contributed by atoms with Gasteiger partial charge in [0.2, 0.25) is 5.89 Å². The predicted molar refractivity (Wildman–Crippen MR) is 57.2 cm³/mol. The zero-order valence-electron chi connectivity index (χ0n) is 9.49. The fourth-order valence-corrected chi connectivity index (χ4v) is 2.12. The van der Waals surface area contributed by atoms with Crippen molar-refractivity contribution in [2.24, 2.45) is 11.7 Å². The van der Waals surface area contributed by atoms with Crippen molar-refractivity contribution in [3.63, 3.8) is 0 Å². The van der Waals surface area contributed by atoms with Crippen LogP contribution in [0.25, 0.3) is 0 Å². The maximum atomic E-state index is 6.23. The SMILES string of the molecule is CC(C)Cc1noc(C2(N)CCCC2)n1. The van der Waals surface area contributed by atoms with E-state index in [0.717, 1.165) is 25.1 Å². The van der Waals surface area contributed by atoms with Crippen LogP contribution in [0, 0.1) is 5.92 Å². The smallest absolute Gasteiger partial charge is 0.246 e. The minimum Gasteiger partial charge on any atom is -0.337 e. The van der Waals surface area contributed by atoms with Crippen LogP contribution in [0.2, 0.25) is 0 Å². The van der Waals surface area contributed by atoms with Crippen LogP contribution in [-0.4, -0.2) is 10.1 Å². The fraction of sp³-hybridized carbons (Fsp3) is 0.818. The molecule has 1 aromatic rings. The van der Waals surface area contributed by atoms with Crippen molar-refractivity contribution >= 4 is 0 Å². The van der Waals surface area contributed by atoms with Gasteiger partial charge in [0.05, 0.1) is 5.54 Å². The zero-order chi connectivity index (χ0) is 10.9. The molecule has 84 valence electrons. The molecule has 0 aliphatic heterocycles. The molecule has 0 amide bonds. The molecule has 1 aliphatic carbocycles. The lowest BCUT2D eigenvalue weighted by molar-refractivity contribution is 0.283. The Morgan fingerprint density at radius 3 is 2.67 bits per heavy atom. The molecule has 0 radical (unpaired) electrons. The Morgan fingerprint density at radius 1 is 1.40 bits per heavy atom. The number of hydrogen-bond acceptors (Lipinski definition) is 4. The van der Waals surface area contributed by atoms with E-state index in [1.165, 1.54) is 12.8 Å². The van der Waals surface area contributed by atoms with Gasteiger partial charge in [0.25, 0.3) is 0 Å². The van der Waals surface area contributed by atoms with E-state index in [9.17, 15) is 0 Å². The molecule has 0 aromatic carbocycles. The van der Waals surface area contributed by atoms with Crippen LogP contribution in [0.5, 0.6) is 0 Å². The Balaban J connectivity index is 2.12. The van der Waals surface area contributed by atoms with Crippen LogP contribution in [0.4, 0.5) is 0 Å². The highest BCUT2D eigenvalue weighted by molar-refractivity contribution is 5.04. The molecule has 0 spiro atoms. The van der Waals surface area contributed by atoms with E-state index < -0.39 is 0 Å². The van der Waals surface area contributed by atoms with Gasteiger partial charge in [-0.05, 0) is 18.8 Å². The second kappa shape index (κ2) is 3.93. The van der Waals surface area contributed by atoms with E-state index in [2.05, 4.69) is 24.0 Å².